The number of carbonyl (C=O) groups is 2. The van der Waals surface area contributed by atoms with Crippen molar-refractivity contribution in [2.45, 2.75) is 20.3 Å². The summed E-state index contributed by atoms with van der Waals surface area (Å²) in [6, 6.07) is 5.90. The Bertz CT molecular complexity index is 809. The molecule has 2 aliphatic rings. The fourth-order valence-electron chi connectivity index (χ4n) is 3.77. The Hall–Kier alpha value is -1.93. The molecular weight excluding hydrogens is 366 g/mol. The van der Waals surface area contributed by atoms with Crippen LogP contribution in [0.3, 0.4) is 0 Å². The number of nitrogens with zero attached hydrogens (tertiary/aromatic N) is 2. The SMILES string of the molecule is Cc1cccc(C)c1NC(=O)CN1CCN(C(=O)[C@H]2CCS(=O)(=O)C2)CC1. The zero-order valence-corrected chi connectivity index (χ0v) is 16.7. The molecule has 2 saturated heterocycles. The standard InChI is InChI=1S/C19H27N3O4S/c1-14-4-3-5-15(2)18(14)20-17(23)12-21-7-9-22(10-8-21)19(24)16-6-11-27(25,26)13-16/h3-5,16H,6-13H2,1-2H3,(H,20,23)/t16-/m0/s1. The molecule has 0 unspecified atom stereocenters. The monoisotopic (exact) mass is 393 g/mol. The van der Waals surface area contributed by atoms with Gasteiger partial charge < -0.3 is 10.2 Å². The van der Waals surface area contributed by atoms with E-state index >= 15 is 0 Å². The van der Waals surface area contributed by atoms with E-state index in [0.717, 1.165) is 16.8 Å². The highest BCUT2D eigenvalue weighted by atomic mass is 32.2. The number of carbonyl (C=O) groups excluding carboxylic acids is 2. The molecule has 0 radical (unpaired) electrons. The highest BCUT2D eigenvalue weighted by Crippen LogP contribution is 2.22. The van der Waals surface area contributed by atoms with Crippen molar-refractivity contribution in [1.82, 2.24) is 9.80 Å². The summed E-state index contributed by atoms with van der Waals surface area (Å²) >= 11 is 0. The van der Waals surface area contributed by atoms with Crippen LogP contribution in [0.15, 0.2) is 18.2 Å². The molecule has 0 bridgehead atoms. The second-order valence-corrected chi connectivity index (χ2v) is 9.75. The number of aryl methyl sites for hydroxylation is 2. The minimum atomic E-state index is -3.05. The molecule has 148 valence electrons. The molecule has 1 atom stereocenters. The number of nitrogens with one attached hydrogen (secondary N) is 1. The molecule has 7 nitrogen and oxygen atoms in total. The summed E-state index contributed by atoms with van der Waals surface area (Å²) in [6.45, 7) is 6.52. The Morgan fingerprint density at radius 1 is 1.11 bits per heavy atom. The van der Waals surface area contributed by atoms with Crippen molar-refractivity contribution >= 4 is 27.3 Å². The summed E-state index contributed by atoms with van der Waals surface area (Å²) in [4.78, 5) is 28.6. The van der Waals surface area contributed by atoms with Gasteiger partial charge in [-0.1, -0.05) is 18.2 Å². The summed E-state index contributed by atoms with van der Waals surface area (Å²) < 4.78 is 23.2. The maximum absolute atomic E-state index is 12.5. The highest BCUT2D eigenvalue weighted by molar-refractivity contribution is 7.91. The topological polar surface area (TPSA) is 86.8 Å². The third-order valence-corrected chi connectivity index (χ3v) is 7.15. The summed E-state index contributed by atoms with van der Waals surface area (Å²) in [5.41, 5.74) is 2.93. The van der Waals surface area contributed by atoms with Crippen LogP contribution in [0.1, 0.15) is 17.5 Å². The van der Waals surface area contributed by atoms with Crippen LogP contribution < -0.4 is 5.32 Å². The van der Waals surface area contributed by atoms with E-state index in [9.17, 15) is 18.0 Å². The Kier molecular flexibility index (Phi) is 5.86. The number of sulfone groups is 1. The summed E-state index contributed by atoms with van der Waals surface area (Å²) in [6.07, 6.45) is 0.430. The lowest BCUT2D eigenvalue weighted by Crippen LogP contribution is -2.52. The predicted octanol–water partition coefficient (Wildman–Crippen LogP) is 0.821. The van der Waals surface area contributed by atoms with Crippen molar-refractivity contribution in [2.75, 3.05) is 49.5 Å². The Morgan fingerprint density at radius 3 is 2.30 bits per heavy atom. The number of amides is 2. The molecular formula is C19H27N3O4S. The van der Waals surface area contributed by atoms with Crippen LogP contribution in [0.2, 0.25) is 0 Å². The average Bonchev–Trinajstić information content (AvgIpc) is 2.98. The molecule has 3 rings (SSSR count). The van der Waals surface area contributed by atoms with Gasteiger partial charge in [0, 0.05) is 31.9 Å². The van der Waals surface area contributed by atoms with E-state index in [4.69, 9.17) is 0 Å². The smallest absolute Gasteiger partial charge is 0.238 e. The summed E-state index contributed by atoms with van der Waals surface area (Å²) in [5, 5.41) is 2.99. The Labute approximate surface area is 160 Å². The van der Waals surface area contributed by atoms with Crippen LogP contribution in [0.5, 0.6) is 0 Å². The van der Waals surface area contributed by atoms with Crippen molar-refractivity contribution in [2.24, 2.45) is 5.92 Å². The van der Waals surface area contributed by atoms with Gasteiger partial charge in [-0.2, -0.15) is 0 Å². The lowest BCUT2D eigenvalue weighted by atomic mass is 10.1. The largest absolute Gasteiger partial charge is 0.340 e. The molecule has 1 aromatic carbocycles. The molecule has 2 aliphatic heterocycles. The number of benzene rings is 1. The highest BCUT2D eigenvalue weighted by Gasteiger charge is 2.36. The van der Waals surface area contributed by atoms with E-state index < -0.39 is 15.8 Å². The minimum Gasteiger partial charge on any atom is -0.340 e. The molecule has 0 saturated carbocycles. The third-order valence-electron chi connectivity index (χ3n) is 5.38. The number of anilines is 1. The first kappa shape index (κ1) is 19.8. The molecule has 1 N–H and O–H groups in total. The molecule has 0 spiro atoms. The molecule has 2 fully saturated rings. The Morgan fingerprint density at radius 2 is 1.74 bits per heavy atom. The number of rotatable bonds is 4. The lowest BCUT2D eigenvalue weighted by Gasteiger charge is -2.35. The van der Waals surface area contributed by atoms with Gasteiger partial charge in [-0.3, -0.25) is 14.5 Å². The van der Waals surface area contributed by atoms with Crippen LogP contribution >= 0.6 is 0 Å². The summed E-state index contributed by atoms with van der Waals surface area (Å²) in [7, 11) is -3.05. The number of hydrogen-bond donors (Lipinski definition) is 1. The Balaban J connectivity index is 1.48. The zero-order chi connectivity index (χ0) is 19.6. The number of hydrogen-bond acceptors (Lipinski definition) is 5. The van der Waals surface area contributed by atoms with E-state index in [1.165, 1.54) is 0 Å². The predicted molar refractivity (Wildman–Crippen MR) is 104 cm³/mol. The van der Waals surface area contributed by atoms with Gasteiger partial charge in [0.2, 0.25) is 11.8 Å². The molecule has 27 heavy (non-hydrogen) atoms. The first-order valence-corrected chi connectivity index (χ1v) is 11.1. The fourth-order valence-corrected chi connectivity index (χ4v) is 5.50. The van der Waals surface area contributed by atoms with Crippen molar-refractivity contribution in [3.8, 4) is 0 Å². The quantitative estimate of drug-likeness (QED) is 0.818. The van der Waals surface area contributed by atoms with E-state index in [1.54, 1.807) is 4.90 Å². The van der Waals surface area contributed by atoms with Crippen molar-refractivity contribution in [1.29, 1.82) is 0 Å². The molecule has 1 aromatic rings. The van der Waals surface area contributed by atoms with Crippen LogP contribution in [0.25, 0.3) is 0 Å². The van der Waals surface area contributed by atoms with Gasteiger partial charge >= 0.3 is 0 Å². The second kappa shape index (κ2) is 7.98. The third kappa shape index (κ3) is 4.87. The normalized spacial score (nSPS) is 22.6. The van der Waals surface area contributed by atoms with Gasteiger partial charge in [0.15, 0.2) is 9.84 Å². The number of para-hydroxylation sites is 1. The van der Waals surface area contributed by atoms with Crippen molar-refractivity contribution < 1.29 is 18.0 Å². The molecule has 8 heteroatoms. The number of piperazine rings is 1. The first-order chi connectivity index (χ1) is 12.7. The second-order valence-electron chi connectivity index (χ2n) is 7.52. The minimum absolute atomic E-state index is 0.0236. The van der Waals surface area contributed by atoms with E-state index in [1.807, 2.05) is 36.9 Å². The van der Waals surface area contributed by atoms with Crippen LogP contribution in [-0.4, -0.2) is 74.3 Å². The summed E-state index contributed by atoms with van der Waals surface area (Å²) in [5.74, 6) is -0.426. The van der Waals surface area contributed by atoms with Crippen LogP contribution in [0.4, 0.5) is 5.69 Å². The molecule has 2 amide bonds. The molecule has 2 heterocycles. The molecule has 0 aromatic heterocycles. The molecule has 0 aliphatic carbocycles. The maximum Gasteiger partial charge on any atom is 0.238 e. The maximum atomic E-state index is 12.5. The van der Waals surface area contributed by atoms with Crippen LogP contribution in [-0.2, 0) is 19.4 Å². The van der Waals surface area contributed by atoms with Gasteiger partial charge in [0.05, 0.1) is 24.0 Å². The van der Waals surface area contributed by atoms with Gasteiger partial charge in [-0.05, 0) is 31.4 Å². The van der Waals surface area contributed by atoms with Gasteiger partial charge in [-0.15, -0.1) is 0 Å². The average molecular weight is 394 g/mol. The van der Waals surface area contributed by atoms with E-state index in [0.29, 0.717) is 32.6 Å². The fraction of sp³-hybridized carbons (Fsp3) is 0.579. The van der Waals surface area contributed by atoms with E-state index in [-0.39, 0.29) is 29.9 Å². The van der Waals surface area contributed by atoms with Gasteiger partial charge in [0.1, 0.15) is 0 Å². The lowest BCUT2D eigenvalue weighted by molar-refractivity contribution is -0.136. The van der Waals surface area contributed by atoms with Crippen molar-refractivity contribution in [3.63, 3.8) is 0 Å². The van der Waals surface area contributed by atoms with Crippen LogP contribution in [0, 0.1) is 19.8 Å². The first-order valence-electron chi connectivity index (χ1n) is 9.33. The zero-order valence-electron chi connectivity index (χ0n) is 15.9. The van der Waals surface area contributed by atoms with Crippen molar-refractivity contribution in [3.05, 3.63) is 29.3 Å². The van der Waals surface area contributed by atoms with E-state index in [2.05, 4.69) is 5.32 Å². The van der Waals surface area contributed by atoms with Gasteiger partial charge in [0.25, 0.3) is 0 Å². The van der Waals surface area contributed by atoms with Gasteiger partial charge in [-0.25, -0.2) is 8.42 Å².